The second-order valence-corrected chi connectivity index (χ2v) is 7.21. The Morgan fingerprint density at radius 2 is 2.00 bits per heavy atom. The lowest BCUT2D eigenvalue weighted by Gasteiger charge is -2.38. The van der Waals surface area contributed by atoms with Crippen molar-refractivity contribution >= 4 is 6.03 Å². The van der Waals surface area contributed by atoms with Crippen LogP contribution in [0.3, 0.4) is 0 Å². The van der Waals surface area contributed by atoms with Crippen LogP contribution in [0.4, 0.5) is 9.18 Å². The van der Waals surface area contributed by atoms with Crippen molar-refractivity contribution in [3.05, 3.63) is 29.6 Å². The van der Waals surface area contributed by atoms with Gasteiger partial charge in [0.1, 0.15) is 0 Å². The number of nitrogens with one attached hydrogen (secondary N) is 2. The quantitative estimate of drug-likeness (QED) is 0.763. The number of amides is 2. The highest BCUT2D eigenvalue weighted by atomic mass is 19.1. The molecule has 138 valence electrons. The SMILES string of the molecule is COc1ccc(C(NC(=O)NC2CCCCC2)C2CC(O)C2)cc1F. The third-order valence-electron chi connectivity index (χ3n) is 5.38. The van der Waals surface area contributed by atoms with E-state index in [-0.39, 0.29) is 35.9 Å². The van der Waals surface area contributed by atoms with Gasteiger partial charge in [-0.05, 0) is 49.3 Å². The van der Waals surface area contributed by atoms with Crippen LogP contribution < -0.4 is 15.4 Å². The van der Waals surface area contributed by atoms with Crippen molar-refractivity contribution in [2.45, 2.75) is 63.1 Å². The van der Waals surface area contributed by atoms with Crippen LogP contribution in [0, 0.1) is 11.7 Å². The van der Waals surface area contributed by atoms with Crippen molar-refractivity contribution in [2.75, 3.05) is 7.11 Å². The molecule has 1 unspecified atom stereocenters. The number of ether oxygens (including phenoxy) is 1. The van der Waals surface area contributed by atoms with E-state index in [9.17, 15) is 14.3 Å². The number of aliphatic hydroxyl groups is 1. The number of benzene rings is 1. The maximum atomic E-state index is 14.1. The molecule has 0 heterocycles. The lowest BCUT2D eigenvalue weighted by molar-refractivity contribution is 0.0258. The molecule has 0 aliphatic heterocycles. The minimum atomic E-state index is -0.445. The predicted octanol–water partition coefficient (Wildman–Crippen LogP) is 3.28. The van der Waals surface area contributed by atoms with Crippen molar-refractivity contribution in [1.29, 1.82) is 0 Å². The van der Waals surface area contributed by atoms with Gasteiger partial charge < -0.3 is 20.5 Å². The van der Waals surface area contributed by atoms with E-state index in [1.165, 1.54) is 19.6 Å². The van der Waals surface area contributed by atoms with E-state index in [0.717, 1.165) is 25.7 Å². The van der Waals surface area contributed by atoms with Gasteiger partial charge in [-0.15, -0.1) is 0 Å². The van der Waals surface area contributed by atoms with Gasteiger partial charge in [-0.2, -0.15) is 0 Å². The standard InChI is InChI=1S/C19H27FN2O3/c1-25-17-8-7-12(11-16(17)20)18(13-9-15(23)10-13)22-19(24)21-14-5-3-2-4-6-14/h7-8,11,13-15,18,23H,2-6,9-10H2,1H3,(H2,21,22,24). The summed E-state index contributed by atoms with van der Waals surface area (Å²) in [5, 5.41) is 15.7. The Bertz CT molecular complexity index is 598. The molecule has 0 aromatic heterocycles. The van der Waals surface area contributed by atoms with E-state index >= 15 is 0 Å². The molecule has 0 saturated heterocycles. The predicted molar refractivity (Wildman–Crippen MR) is 93.0 cm³/mol. The molecule has 25 heavy (non-hydrogen) atoms. The van der Waals surface area contributed by atoms with E-state index in [1.807, 2.05) is 0 Å². The second kappa shape index (κ2) is 8.04. The minimum Gasteiger partial charge on any atom is -0.494 e. The summed E-state index contributed by atoms with van der Waals surface area (Å²) in [6, 6.07) is 4.46. The minimum absolute atomic E-state index is 0.111. The number of methoxy groups -OCH3 is 1. The second-order valence-electron chi connectivity index (χ2n) is 7.21. The van der Waals surface area contributed by atoms with Crippen molar-refractivity contribution in [2.24, 2.45) is 5.92 Å². The number of hydrogen-bond donors (Lipinski definition) is 3. The Balaban J connectivity index is 1.69. The van der Waals surface area contributed by atoms with Gasteiger partial charge in [0.05, 0.1) is 19.3 Å². The number of hydrogen-bond acceptors (Lipinski definition) is 3. The molecule has 2 fully saturated rings. The van der Waals surface area contributed by atoms with E-state index in [1.54, 1.807) is 12.1 Å². The molecule has 2 aliphatic carbocycles. The molecular formula is C19H27FN2O3. The number of carbonyl (C=O) groups excluding carboxylic acids is 1. The van der Waals surface area contributed by atoms with Gasteiger partial charge in [0, 0.05) is 6.04 Å². The zero-order chi connectivity index (χ0) is 17.8. The van der Waals surface area contributed by atoms with Gasteiger partial charge in [-0.3, -0.25) is 0 Å². The zero-order valence-electron chi connectivity index (χ0n) is 14.6. The highest BCUT2D eigenvalue weighted by molar-refractivity contribution is 5.75. The summed E-state index contributed by atoms with van der Waals surface area (Å²) in [5.74, 6) is -0.151. The molecule has 0 bridgehead atoms. The number of halogens is 1. The van der Waals surface area contributed by atoms with Crippen LogP contribution in [-0.2, 0) is 0 Å². The molecule has 2 aliphatic rings. The van der Waals surface area contributed by atoms with E-state index in [2.05, 4.69) is 10.6 Å². The fourth-order valence-corrected chi connectivity index (χ4v) is 3.87. The van der Waals surface area contributed by atoms with E-state index < -0.39 is 5.82 Å². The average Bonchev–Trinajstić information content (AvgIpc) is 2.58. The maximum Gasteiger partial charge on any atom is 0.315 e. The highest BCUT2D eigenvalue weighted by Crippen LogP contribution is 2.39. The van der Waals surface area contributed by atoms with E-state index in [4.69, 9.17) is 4.74 Å². The van der Waals surface area contributed by atoms with Gasteiger partial charge in [-0.25, -0.2) is 9.18 Å². The van der Waals surface area contributed by atoms with Crippen molar-refractivity contribution in [1.82, 2.24) is 10.6 Å². The molecule has 1 aromatic carbocycles. The summed E-state index contributed by atoms with van der Waals surface area (Å²) in [6.45, 7) is 0. The summed E-state index contributed by atoms with van der Waals surface area (Å²) in [5.41, 5.74) is 0.703. The number of aliphatic hydroxyl groups excluding tert-OH is 1. The first-order valence-electron chi connectivity index (χ1n) is 9.15. The molecule has 5 nitrogen and oxygen atoms in total. The smallest absolute Gasteiger partial charge is 0.315 e. The van der Waals surface area contributed by atoms with Crippen molar-refractivity contribution < 1.29 is 19.0 Å². The fourth-order valence-electron chi connectivity index (χ4n) is 3.87. The Morgan fingerprint density at radius 1 is 1.28 bits per heavy atom. The Kier molecular flexibility index (Phi) is 5.78. The molecule has 1 atom stereocenters. The summed E-state index contributed by atoms with van der Waals surface area (Å²) in [4.78, 5) is 12.4. The van der Waals surface area contributed by atoms with Gasteiger partial charge in [0.25, 0.3) is 0 Å². The lowest BCUT2D eigenvalue weighted by Crippen LogP contribution is -2.48. The van der Waals surface area contributed by atoms with Crippen molar-refractivity contribution in [3.63, 3.8) is 0 Å². The molecule has 6 heteroatoms. The van der Waals surface area contributed by atoms with Crippen LogP contribution in [0.25, 0.3) is 0 Å². The topological polar surface area (TPSA) is 70.6 Å². The number of rotatable bonds is 5. The largest absolute Gasteiger partial charge is 0.494 e. The van der Waals surface area contributed by atoms with Gasteiger partial charge >= 0.3 is 6.03 Å². The molecule has 3 rings (SSSR count). The first kappa shape index (κ1) is 18.0. The van der Waals surface area contributed by atoms with E-state index in [0.29, 0.717) is 18.4 Å². The monoisotopic (exact) mass is 350 g/mol. The van der Waals surface area contributed by atoms with Crippen LogP contribution in [-0.4, -0.2) is 30.4 Å². The third kappa shape index (κ3) is 4.42. The zero-order valence-corrected chi connectivity index (χ0v) is 14.6. The summed E-state index contributed by atoms with van der Waals surface area (Å²) < 4.78 is 19.0. The summed E-state index contributed by atoms with van der Waals surface area (Å²) in [7, 11) is 1.42. The fraction of sp³-hybridized carbons (Fsp3) is 0.632. The Hall–Kier alpha value is -1.82. The van der Waals surface area contributed by atoms with Crippen LogP contribution >= 0.6 is 0 Å². The molecule has 0 spiro atoms. The van der Waals surface area contributed by atoms with Gasteiger partial charge in [-0.1, -0.05) is 25.3 Å². The third-order valence-corrected chi connectivity index (χ3v) is 5.38. The average molecular weight is 350 g/mol. The van der Waals surface area contributed by atoms with Crippen LogP contribution in [0.1, 0.15) is 56.6 Å². The Labute approximate surface area is 147 Å². The Morgan fingerprint density at radius 3 is 2.60 bits per heavy atom. The van der Waals surface area contributed by atoms with Gasteiger partial charge in [0.2, 0.25) is 0 Å². The van der Waals surface area contributed by atoms with Crippen molar-refractivity contribution in [3.8, 4) is 5.75 Å². The summed E-state index contributed by atoms with van der Waals surface area (Å²) >= 11 is 0. The maximum absolute atomic E-state index is 14.1. The number of urea groups is 1. The molecule has 0 radical (unpaired) electrons. The lowest BCUT2D eigenvalue weighted by atomic mass is 9.75. The first-order chi connectivity index (χ1) is 12.1. The molecule has 2 saturated carbocycles. The molecule has 2 amide bonds. The van der Waals surface area contributed by atoms with Gasteiger partial charge in [0.15, 0.2) is 11.6 Å². The molecule has 3 N–H and O–H groups in total. The van der Waals surface area contributed by atoms with Crippen LogP contribution in [0.2, 0.25) is 0 Å². The number of carbonyl (C=O) groups is 1. The van der Waals surface area contributed by atoms with Crippen LogP contribution in [0.15, 0.2) is 18.2 Å². The summed E-state index contributed by atoms with van der Waals surface area (Å²) in [6.07, 6.45) is 6.44. The highest BCUT2D eigenvalue weighted by Gasteiger charge is 2.36. The molecule has 1 aromatic rings. The van der Waals surface area contributed by atoms with Crippen LogP contribution in [0.5, 0.6) is 5.75 Å². The first-order valence-corrected chi connectivity index (χ1v) is 9.15. The molecular weight excluding hydrogens is 323 g/mol. The normalized spacial score (nSPS) is 24.9.